The van der Waals surface area contributed by atoms with Gasteiger partial charge in [0, 0.05) is 75.1 Å². The molecule has 0 bridgehead atoms. The lowest BCUT2D eigenvalue weighted by molar-refractivity contribution is 0.0982. The van der Waals surface area contributed by atoms with E-state index in [1.54, 1.807) is 13.2 Å². The fourth-order valence-corrected chi connectivity index (χ4v) is 6.54. The molecule has 3 fully saturated rings. The minimum atomic E-state index is -0.501. The van der Waals surface area contributed by atoms with Crippen molar-refractivity contribution in [2.45, 2.75) is 44.7 Å². The fraction of sp³-hybridized carbons (Fsp3) is 0.500. The van der Waals surface area contributed by atoms with Crippen molar-refractivity contribution >= 4 is 23.0 Å². The molecule has 6 rings (SSSR count). The average Bonchev–Trinajstić information content (AvgIpc) is 3.53. The lowest BCUT2D eigenvalue weighted by atomic mass is 9.99. The fourth-order valence-electron chi connectivity index (χ4n) is 6.54. The second-order valence-electron chi connectivity index (χ2n) is 11.6. The molecule has 1 N–H and O–H groups in total. The summed E-state index contributed by atoms with van der Waals surface area (Å²) in [5, 5.41) is 4.94. The number of ether oxygens (including phenoxy) is 1. The maximum Gasteiger partial charge on any atom is 0.158 e. The summed E-state index contributed by atoms with van der Waals surface area (Å²) in [6.07, 6.45) is 5.15. The van der Waals surface area contributed by atoms with Crippen molar-refractivity contribution in [3.63, 3.8) is 0 Å². The molecule has 43 heavy (non-hydrogen) atoms. The van der Waals surface area contributed by atoms with Gasteiger partial charge < -0.3 is 19.9 Å². The number of hydrogen-bond acceptors (Lipinski definition) is 9. The van der Waals surface area contributed by atoms with Crippen molar-refractivity contribution < 1.29 is 18.4 Å². The zero-order valence-corrected chi connectivity index (χ0v) is 25.2. The molecule has 3 aromatic rings. The van der Waals surface area contributed by atoms with Crippen LogP contribution >= 0.6 is 0 Å². The van der Waals surface area contributed by atoms with E-state index in [9.17, 15) is 8.78 Å². The first-order valence-electron chi connectivity index (χ1n) is 15.3. The van der Waals surface area contributed by atoms with Gasteiger partial charge in [0.1, 0.15) is 29.5 Å². The van der Waals surface area contributed by atoms with Crippen LogP contribution in [0.25, 0.3) is 0 Å². The van der Waals surface area contributed by atoms with E-state index in [2.05, 4.69) is 56.1 Å². The average molecular weight is 594 g/mol. The molecule has 3 aliphatic rings. The van der Waals surface area contributed by atoms with Gasteiger partial charge >= 0.3 is 0 Å². The summed E-state index contributed by atoms with van der Waals surface area (Å²) in [6.45, 7) is 9.21. The summed E-state index contributed by atoms with van der Waals surface area (Å²) < 4.78 is 34.4. The number of hydroxylamine groups is 1. The number of aromatic nitrogens is 2. The van der Waals surface area contributed by atoms with E-state index < -0.39 is 17.7 Å². The summed E-state index contributed by atoms with van der Waals surface area (Å²) in [5.74, 6) is 0.758. The van der Waals surface area contributed by atoms with Crippen molar-refractivity contribution in [2.24, 2.45) is 0 Å². The molecule has 0 unspecified atom stereocenters. The molecule has 9 nitrogen and oxygen atoms in total. The van der Waals surface area contributed by atoms with E-state index in [4.69, 9.17) is 9.57 Å². The summed E-state index contributed by atoms with van der Waals surface area (Å²) >= 11 is 0. The Labute approximate surface area is 252 Å². The van der Waals surface area contributed by atoms with Crippen LogP contribution in [0.3, 0.4) is 0 Å². The first kappa shape index (κ1) is 29.5. The maximum absolute atomic E-state index is 14.6. The Kier molecular flexibility index (Phi) is 8.92. The lowest BCUT2D eigenvalue weighted by Crippen LogP contribution is -2.52. The van der Waals surface area contributed by atoms with Crippen molar-refractivity contribution in [1.82, 2.24) is 19.8 Å². The van der Waals surface area contributed by atoms with E-state index in [0.717, 1.165) is 82.1 Å². The topological polar surface area (TPSA) is 69.2 Å². The van der Waals surface area contributed by atoms with Crippen LogP contribution in [-0.4, -0.2) is 85.8 Å². The predicted molar refractivity (Wildman–Crippen MR) is 164 cm³/mol. The minimum absolute atomic E-state index is 0.239. The number of halogens is 2. The third kappa shape index (κ3) is 6.39. The Balaban J connectivity index is 1.18. The van der Waals surface area contributed by atoms with Gasteiger partial charge in [-0.3, -0.25) is 9.74 Å². The van der Waals surface area contributed by atoms with Crippen LogP contribution in [0.1, 0.15) is 43.4 Å². The first-order chi connectivity index (χ1) is 20.9. The number of rotatable bonds is 8. The van der Waals surface area contributed by atoms with E-state index in [-0.39, 0.29) is 5.56 Å². The molecule has 11 heteroatoms. The van der Waals surface area contributed by atoms with Crippen LogP contribution in [0, 0.1) is 11.6 Å². The molecular weight excluding hydrogens is 552 g/mol. The number of nitrogens with zero attached hydrogens (tertiary/aromatic N) is 6. The van der Waals surface area contributed by atoms with E-state index in [1.165, 1.54) is 28.7 Å². The maximum atomic E-state index is 14.6. The van der Waals surface area contributed by atoms with Crippen LogP contribution < -0.4 is 20.0 Å². The molecule has 0 saturated carbocycles. The smallest absolute Gasteiger partial charge is 0.158 e. The number of benzene rings is 2. The van der Waals surface area contributed by atoms with Crippen LogP contribution in [-0.2, 0) is 11.3 Å². The Bertz CT molecular complexity index is 1410. The molecule has 2 aromatic carbocycles. The molecule has 3 saturated heterocycles. The lowest BCUT2D eigenvalue weighted by Gasteiger charge is -2.43. The van der Waals surface area contributed by atoms with Crippen molar-refractivity contribution in [2.75, 3.05) is 75.3 Å². The largest absolute Gasteiger partial charge is 0.494 e. The van der Waals surface area contributed by atoms with Crippen molar-refractivity contribution in [1.29, 1.82) is 0 Å². The molecule has 0 radical (unpaired) electrons. The third-order valence-electron chi connectivity index (χ3n) is 9.00. The van der Waals surface area contributed by atoms with E-state index in [0.29, 0.717) is 30.7 Å². The van der Waals surface area contributed by atoms with E-state index in [1.807, 2.05) is 0 Å². The highest BCUT2D eigenvalue weighted by Gasteiger charge is 2.32. The number of methoxy groups -OCH3 is 1. The van der Waals surface area contributed by atoms with Gasteiger partial charge in [0.15, 0.2) is 5.82 Å². The molecule has 4 heterocycles. The molecule has 0 amide bonds. The minimum Gasteiger partial charge on any atom is -0.494 e. The third-order valence-corrected chi connectivity index (χ3v) is 9.00. The van der Waals surface area contributed by atoms with E-state index >= 15 is 0 Å². The van der Waals surface area contributed by atoms with Crippen LogP contribution in [0.15, 0.2) is 42.7 Å². The van der Waals surface area contributed by atoms with Gasteiger partial charge in [-0.15, -0.1) is 0 Å². The zero-order chi connectivity index (χ0) is 29.9. The number of likely N-dealkylation sites (N-methyl/N-ethyl adjacent to an activating group) is 1. The number of piperazine rings is 1. The number of nitrogens with one attached hydrogen (secondary N) is 1. The summed E-state index contributed by atoms with van der Waals surface area (Å²) in [4.78, 5) is 22.2. The molecule has 230 valence electrons. The summed E-state index contributed by atoms with van der Waals surface area (Å²) in [7, 11) is 3.88. The molecule has 0 spiro atoms. The monoisotopic (exact) mass is 593 g/mol. The highest BCUT2D eigenvalue weighted by atomic mass is 19.1. The molecule has 0 aliphatic carbocycles. The van der Waals surface area contributed by atoms with Crippen LogP contribution in [0.5, 0.6) is 5.75 Å². The van der Waals surface area contributed by atoms with Gasteiger partial charge in [0.25, 0.3) is 0 Å². The summed E-state index contributed by atoms with van der Waals surface area (Å²) in [6, 6.07) is 9.65. The molecule has 3 aliphatic heterocycles. The Hall–Kier alpha value is -3.54. The quantitative estimate of drug-likeness (QED) is 0.381. The molecule has 1 atom stereocenters. The Morgan fingerprint density at radius 2 is 1.77 bits per heavy atom. The molecule has 1 aromatic heterocycles. The summed E-state index contributed by atoms with van der Waals surface area (Å²) in [5.41, 5.74) is 3.49. The van der Waals surface area contributed by atoms with Gasteiger partial charge in [-0.05, 0) is 56.1 Å². The second-order valence-corrected chi connectivity index (χ2v) is 11.6. The van der Waals surface area contributed by atoms with Crippen molar-refractivity contribution in [3.05, 3.63) is 65.5 Å². The number of piperidine rings is 1. The highest BCUT2D eigenvalue weighted by Crippen LogP contribution is 2.39. The predicted octanol–water partition coefficient (Wildman–Crippen LogP) is 5.17. The standard InChI is InChI=1S/C32H41F2N7O2/c1-4-22-17-27(30(42-3)19-29(22)40-10-7-24(8-11-40)39-14-12-38(2)13-15-39)37-31-20-32(36-21-35-31)41-28(9-16-43-41)25-18-23(33)5-6-26(25)34/h5-6,17-21,24,28H,4,7-16H2,1-3H3,(H,35,36,37)/t28-/m1/s1. The number of aryl methyl sites for hydroxylation is 1. The first-order valence-corrected chi connectivity index (χ1v) is 15.3. The molecular formula is C32H41F2N7O2. The van der Waals surface area contributed by atoms with Gasteiger partial charge in [-0.2, -0.15) is 0 Å². The number of hydrogen-bond donors (Lipinski definition) is 1. The van der Waals surface area contributed by atoms with Gasteiger partial charge in [0.05, 0.1) is 25.4 Å². The zero-order valence-electron chi connectivity index (χ0n) is 25.2. The van der Waals surface area contributed by atoms with Gasteiger partial charge in [-0.25, -0.2) is 23.8 Å². The van der Waals surface area contributed by atoms with Crippen LogP contribution in [0.2, 0.25) is 0 Å². The van der Waals surface area contributed by atoms with Gasteiger partial charge in [-0.1, -0.05) is 6.92 Å². The Morgan fingerprint density at radius 1 is 0.977 bits per heavy atom. The van der Waals surface area contributed by atoms with Crippen molar-refractivity contribution in [3.8, 4) is 5.75 Å². The van der Waals surface area contributed by atoms with Gasteiger partial charge in [0.2, 0.25) is 0 Å². The normalized spacial score (nSPS) is 20.5. The Morgan fingerprint density at radius 3 is 2.51 bits per heavy atom. The highest BCUT2D eigenvalue weighted by molar-refractivity contribution is 5.73. The second kappa shape index (κ2) is 13.0. The number of anilines is 4. The SMILES string of the molecule is CCc1cc(Nc2cc(N3OCC[C@@H]3c3cc(F)ccc3F)ncn2)c(OC)cc1N1CCC(N2CCN(C)CC2)CC1. The van der Waals surface area contributed by atoms with Crippen LogP contribution in [0.4, 0.5) is 31.8 Å².